The van der Waals surface area contributed by atoms with Crippen molar-refractivity contribution in [1.82, 2.24) is 4.90 Å². The van der Waals surface area contributed by atoms with Crippen molar-refractivity contribution < 1.29 is 18.0 Å². The third kappa shape index (κ3) is 2.00. The van der Waals surface area contributed by atoms with Crippen molar-refractivity contribution in [1.29, 1.82) is 0 Å². The zero-order valence-corrected chi connectivity index (χ0v) is 13.3. The maximum Gasteiger partial charge on any atom is 0.416 e. The lowest BCUT2D eigenvalue weighted by Gasteiger charge is -2.34. The second-order valence-corrected chi connectivity index (χ2v) is 6.63. The van der Waals surface area contributed by atoms with E-state index in [4.69, 9.17) is 11.6 Å². The van der Waals surface area contributed by atoms with Gasteiger partial charge in [0.25, 0.3) is 5.91 Å². The van der Waals surface area contributed by atoms with Crippen LogP contribution in [-0.4, -0.2) is 17.4 Å². The molecule has 0 spiro atoms. The van der Waals surface area contributed by atoms with Crippen LogP contribution in [-0.2, 0) is 11.7 Å². The standard InChI is InChI=1S/C18H13ClF3NO/c19-13-5-6-14-15(10-13)17(7-2-8-23(17)16(14)24)11-3-1-4-12(9-11)18(20,21)22/h1,3-6,9-10H,2,7-8H2. The number of halogens is 4. The maximum absolute atomic E-state index is 13.1. The number of benzene rings is 2. The van der Waals surface area contributed by atoms with Gasteiger partial charge >= 0.3 is 6.18 Å². The highest BCUT2D eigenvalue weighted by molar-refractivity contribution is 6.30. The largest absolute Gasteiger partial charge is 0.416 e. The summed E-state index contributed by atoms with van der Waals surface area (Å²) in [4.78, 5) is 14.4. The molecule has 124 valence electrons. The molecule has 0 saturated carbocycles. The van der Waals surface area contributed by atoms with Crippen molar-refractivity contribution in [2.45, 2.75) is 24.6 Å². The SMILES string of the molecule is O=C1c2ccc(Cl)cc2C2(c3cccc(C(F)(F)F)c3)CCCN12. The van der Waals surface area contributed by atoms with Crippen LogP contribution < -0.4 is 0 Å². The van der Waals surface area contributed by atoms with E-state index < -0.39 is 17.3 Å². The maximum atomic E-state index is 13.1. The summed E-state index contributed by atoms with van der Waals surface area (Å²) >= 11 is 6.10. The summed E-state index contributed by atoms with van der Waals surface area (Å²) in [5.41, 5.74) is 0.167. The Morgan fingerprint density at radius 2 is 1.92 bits per heavy atom. The predicted molar refractivity (Wildman–Crippen MR) is 83.9 cm³/mol. The number of hydrogen-bond acceptors (Lipinski definition) is 1. The smallest absolute Gasteiger partial charge is 0.325 e. The van der Waals surface area contributed by atoms with Gasteiger partial charge in [0.05, 0.1) is 11.1 Å². The Morgan fingerprint density at radius 1 is 1.12 bits per heavy atom. The number of amides is 1. The van der Waals surface area contributed by atoms with E-state index in [2.05, 4.69) is 0 Å². The Labute approximate surface area is 141 Å². The van der Waals surface area contributed by atoms with Crippen LogP contribution in [0.3, 0.4) is 0 Å². The molecule has 1 fully saturated rings. The summed E-state index contributed by atoms with van der Waals surface area (Å²) in [7, 11) is 0. The van der Waals surface area contributed by atoms with E-state index in [9.17, 15) is 18.0 Å². The number of alkyl halides is 3. The molecule has 24 heavy (non-hydrogen) atoms. The molecule has 2 nitrogen and oxygen atoms in total. The quantitative estimate of drug-likeness (QED) is 0.719. The molecule has 0 N–H and O–H groups in total. The molecule has 1 saturated heterocycles. The first kappa shape index (κ1) is 15.5. The summed E-state index contributed by atoms with van der Waals surface area (Å²) in [6.45, 7) is 0.529. The van der Waals surface area contributed by atoms with Gasteiger partial charge in [-0.25, -0.2) is 0 Å². The lowest BCUT2D eigenvalue weighted by Crippen LogP contribution is -2.39. The van der Waals surface area contributed by atoms with Gasteiger partial charge in [0.2, 0.25) is 0 Å². The Kier molecular flexibility index (Phi) is 3.23. The van der Waals surface area contributed by atoms with Crippen LogP contribution in [0.5, 0.6) is 0 Å². The number of nitrogens with zero attached hydrogens (tertiary/aromatic N) is 1. The van der Waals surface area contributed by atoms with Gasteiger partial charge in [0, 0.05) is 17.1 Å². The fourth-order valence-corrected chi connectivity index (χ4v) is 4.14. The van der Waals surface area contributed by atoms with Crippen LogP contribution in [0.25, 0.3) is 0 Å². The van der Waals surface area contributed by atoms with Gasteiger partial charge in [-0.15, -0.1) is 0 Å². The van der Waals surface area contributed by atoms with Crippen molar-refractivity contribution in [3.05, 3.63) is 69.7 Å². The molecule has 2 heterocycles. The van der Waals surface area contributed by atoms with Gasteiger partial charge in [0.1, 0.15) is 0 Å². The number of carbonyl (C=O) groups excluding carboxylic acids is 1. The van der Waals surface area contributed by atoms with E-state index in [0.717, 1.165) is 18.6 Å². The van der Waals surface area contributed by atoms with Gasteiger partial charge in [-0.2, -0.15) is 13.2 Å². The van der Waals surface area contributed by atoms with Crippen LogP contribution in [0, 0.1) is 0 Å². The lowest BCUT2D eigenvalue weighted by atomic mass is 9.81. The van der Waals surface area contributed by atoms with E-state index in [1.165, 1.54) is 6.07 Å². The normalized spacial score (nSPS) is 22.7. The molecule has 1 unspecified atom stereocenters. The van der Waals surface area contributed by atoms with Crippen LogP contribution >= 0.6 is 11.6 Å². The molecular weight excluding hydrogens is 339 g/mol. The molecule has 2 aromatic carbocycles. The number of fused-ring (bicyclic) bond motifs is 3. The van der Waals surface area contributed by atoms with E-state index >= 15 is 0 Å². The second-order valence-electron chi connectivity index (χ2n) is 6.19. The molecule has 0 bridgehead atoms. The monoisotopic (exact) mass is 351 g/mol. The number of carbonyl (C=O) groups is 1. The third-order valence-electron chi connectivity index (χ3n) is 4.95. The summed E-state index contributed by atoms with van der Waals surface area (Å²) in [5, 5.41) is 0.474. The summed E-state index contributed by atoms with van der Waals surface area (Å²) in [6.07, 6.45) is -3.09. The van der Waals surface area contributed by atoms with Crippen LogP contribution in [0.1, 0.15) is 39.9 Å². The Bertz CT molecular complexity index is 848. The van der Waals surface area contributed by atoms with Gasteiger partial charge < -0.3 is 4.90 Å². The predicted octanol–water partition coefficient (Wildman–Crippen LogP) is 4.85. The van der Waals surface area contributed by atoms with E-state index in [0.29, 0.717) is 34.7 Å². The molecule has 2 aliphatic heterocycles. The number of hydrogen-bond donors (Lipinski definition) is 0. The van der Waals surface area contributed by atoms with Crippen LogP contribution in [0.15, 0.2) is 42.5 Å². The van der Waals surface area contributed by atoms with E-state index in [1.54, 1.807) is 29.2 Å². The lowest BCUT2D eigenvalue weighted by molar-refractivity contribution is -0.137. The molecule has 1 atom stereocenters. The highest BCUT2D eigenvalue weighted by atomic mass is 35.5. The second kappa shape index (κ2) is 4.99. The molecule has 0 aliphatic carbocycles. The Morgan fingerprint density at radius 3 is 2.67 bits per heavy atom. The van der Waals surface area contributed by atoms with Gasteiger partial charge in [0.15, 0.2) is 0 Å². The van der Waals surface area contributed by atoms with E-state index in [-0.39, 0.29) is 5.91 Å². The first-order valence-electron chi connectivity index (χ1n) is 7.64. The topological polar surface area (TPSA) is 20.3 Å². The molecular formula is C18H13ClF3NO. The summed E-state index contributed by atoms with van der Waals surface area (Å²) in [6, 6.07) is 10.3. The highest BCUT2D eigenvalue weighted by Gasteiger charge is 2.53. The molecule has 2 aromatic rings. The van der Waals surface area contributed by atoms with Gasteiger partial charge in [-0.1, -0.05) is 23.7 Å². The van der Waals surface area contributed by atoms with Crippen LogP contribution in [0.4, 0.5) is 13.2 Å². The summed E-state index contributed by atoms with van der Waals surface area (Å²) < 4.78 is 39.4. The minimum Gasteiger partial charge on any atom is -0.325 e. The van der Waals surface area contributed by atoms with Gasteiger partial charge in [-0.3, -0.25) is 4.79 Å². The molecule has 6 heteroatoms. The highest BCUT2D eigenvalue weighted by Crippen LogP contribution is 2.52. The van der Waals surface area contributed by atoms with Crippen molar-refractivity contribution in [2.24, 2.45) is 0 Å². The molecule has 0 aromatic heterocycles. The first-order valence-corrected chi connectivity index (χ1v) is 8.01. The Hall–Kier alpha value is -2.01. The van der Waals surface area contributed by atoms with Crippen molar-refractivity contribution >= 4 is 17.5 Å². The minimum absolute atomic E-state index is 0.142. The Balaban J connectivity index is 1.97. The third-order valence-corrected chi connectivity index (χ3v) is 5.19. The first-order chi connectivity index (χ1) is 11.3. The van der Waals surface area contributed by atoms with Crippen molar-refractivity contribution in [3.8, 4) is 0 Å². The average Bonchev–Trinajstić information content (AvgIpc) is 3.07. The molecule has 0 radical (unpaired) electrons. The zero-order chi connectivity index (χ0) is 17.1. The summed E-state index contributed by atoms with van der Waals surface area (Å²) in [5.74, 6) is -0.142. The molecule has 4 rings (SSSR count). The van der Waals surface area contributed by atoms with Crippen molar-refractivity contribution in [2.75, 3.05) is 6.54 Å². The molecule has 2 aliphatic rings. The average molecular weight is 352 g/mol. The molecule has 1 amide bonds. The fraction of sp³-hybridized carbons (Fsp3) is 0.278. The fourth-order valence-electron chi connectivity index (χ4n) is 3.97. The van der Waals surface area contributed by atoms with E-state index in [1.807, 2.05) is 0 Å². The van der Waals surface area contributed by atoms with Crippen molar-refractivity contribution in [3.63, 3.8) is 0 Å². The zero-order valence-electron chi connectivity index (χ0n) is 12.5. The number of rotatable bonds is 1. The van der Waals surface area contributed by atoms with Crippen LogP contribution in [0.2, 0.25) is 5.02 Å². The minimum atomic E-state index is -4.42. The van der Waals surface area contributed by atoms with Gasteiger partial charge in [-0.05, 0) is 54.3 Å².